The van der Waals surface area contributed by atoms with Crippen molar-refractivity contribution in [1.29, 1.82) is 5.41 Å². The van der Waals surface area contributed by atoms with Crippen LogP contribution in [-0.4, -0.2) is 14.9 Å². The zero-order valence-electron chi connectivity index (χ0n) is 6.23. The Morgan fingerprint density at radius 3 is 2.92 bits per heavy atom. The van der Waals surface area contributed by atoms with Gasteiger partial charge in [0, 0.05) is 5.39 Å². The Morgan fingerprint density at radius 1 is 1.33 bits per heavy atom. The maximum atomic E-state index is 9.08. The molecule has 12 heavy (non-hydrogen) atoms. The highest BCUT2D eigenvalue weighted by Gasteiger charge is 1.96. The van der Waals surface area contributed by atoms with Crippen molar-refractivity contribution in [2.45, 2.75) is 0 Å². The molecule has 0 radical (unpaired) electrons. The summed E-state index contributed by atoms with van der Waals surface area (Å²) in [5, 5.41) is 17.2. The van der Waals surface area contributed by atoms with E-state index in [0.29, 0.717) is 15.6 Å². The molecule has 4 heteroatoms. The van der Waals surface area contributed by atoms with E-state index >= 15 is 0 Å². The third-order valence-electron chi connectivity index (χ3n) is 1.69. The van der Waals surface area contributed by atoms with E-state index in [0.717, 1.165) is 0 Å². The smallest absolute Gasteiger partial charge is 0.171 e. The summed E-state index contributed by atoms with van der Waals surface area (Å²) in [5.74, 6) is 0. The lowest BCUT2D eigenvalue weighted by Gasteiger charge is -1.99. The maximum Gasteiger partial charge on any atom is 0.171 e. The first kappa shape index (κ1) is 6.84. The van der Waals surface area contributed by atoms with Crippen LogP contribution in [0.15, 0.2) is 30.6 Å². The zero-order valence-corrected chi connectivity index (χ0v) is 6.23. The van der Waals surface area contributed by atoms with Crippen LogP contribution in [0.1, 0.15) is 0 Å². The zero-order chi connectivity index (χ0) is 8.55. The number of nitrogens with zero attached hydrogens (tertiary/aromatic N) is 2. The number of rotatable bonds is 0. The Hall–Kier alpha value is -1.84. The Morgan fingerprint density at radius 2 is 2.08 bits per heavy atom. The number of benzene rings is 1. The molecular weight excluding hydrogens is 154 g/mol. The summed E-state index contributed by atoms with van der Waals surface area (Å²) < 4.78 is 0.697. The predicted octanol–water partition coefficient (Wildman–Crippen LogP) is 0.753. The molecule has 1 aromatic heterocycles. The molecule has 0 amide bonds. The molecule has 0 fully saturated rings. The third kappa shape index (κ3) is 0.852. The quantitative estimate of drug-likeness (QED) is 0.560. The molecule has 0 aliphatic rings. The molecule has 2 N–H and O–H groups in total. The van der Waals surface area contributed by atoms with Crippen LogP contribution in [0.4, 0.5) is 0 Å². The molecule has 60 valence electrons. The van der Waals surface area contributed by atoms with E-state index in [9.17, 15) is 0 Å². The molecule has 0 atom stereocenters. The first-order chi connectivity index (χ1) is 5.79. The minimum absolute atomic E-state index is 0.0561. The lowest BCUT2D eigenvalue weighted by molar-refractivity contribution is 0.169. The molecule has 0 aliphatic carbocycles. The van der Waals surface area contributed by atoms with E-state index in [1.807, 2.05) is 12.1 Å². The lowest BCUT2D eigenvalue weighted by Crippen LogP contribution is -2.17. The van der Waals surface area contributed by atoms with E-state index in [1.165, 1.54) is 6.33 Å². The Kier molecular flexibility index (Phi) is 1.33. The second kappa shape index (κ2) is 2.34. The van der Waals surface area contributed by atoms with Crippen molar-refractivity contribution in [1.82, 2.24) is 9.71 Å². The number of fused-ring (bicyclic) bond motifs is 1. The van der Waals surface area contributed by atoms with E-state index in [4.69, 9.17) is 10.6 Å². The van der Waals surface area contributed by atoms with Gasteiger partial charge in [-0.2, -0.15) is 4.73 Å². The molecule has 0 saturated carbocycles. The van der Waals surface area contributed by atoms with Gasteiger partial charge in [-0.15, -0.1) is 0 Å². The summed E-state index contributed by atoms with van der Waals surface area (Å²) in [7, 11) is 0. The van der Waals surface area contributed by atoms with Crippen molar-refractivity contribution in [3.05, 3.63) is 36.1 Å². The first-order valence-corrected chi connectivity index (χ1v) is 3.49. The molecule has 1 aromatic carbocycles. The van der Waals surface area contributed by atoms with Crippen LogP contribution in [0.5, 0.6) is 0 Å². The van der Waals surface area contributed by atoms with Crippen LogP contribution >= 0.6 is 0 Å². The van der Waals surface area contributed by atoms with Crippen molar-refractivity contribution in [3.8, 4) is 0 Å². The summed E-state index contributed by atoms with van der Waals surface area (Å²) in [6, 6.07) is 7.20. The fourth-order valence-electron chi connectivity index (χ4n) is 1.08. The van der Waals surface area contributed by atoms with Crippen molar-refractivity contribution in [2.75, 3.05) is 0 Å². The highest BCUT2D eigenvalue weighted by atomic mass is 16.5. The molecule has 0 unspecified atom stereocenters. The average molecular weight is 161 g/mol. The Bertz CT molecular complexity index is 475. The van der Waals surface area contributed by atoms with Crippen LogP contribution in [0.25, 0.3) is 10.9 Å². The SMILES string of the molecule is N=c1c2ccccc2ncn1O. The normalized spacial score (nSPS) is 10.3. The molecule has 0 bridgehead atoms. The second-order valence-corrected chi connectivity index (χ2v) is 2.45. The third-order valence-corrected chi connectivity index (χ3v) is 1.69. The van der Waals surface area contributed by atoms with E-state index in [2.05, 4.69) is 4.98 Å². The molecule has 0 saturated heterocycles. The van der Waals surface area contributed by atoms with Crippen LogP contribution in [-0.2, 0) is 0 Å². The van der Waals surface area contributed by atoms with Gasteiger partial charge < -0.3 is 5.21 Å². The molecular formula is C8H7N3O. The van der Waals surface area contributed by atoms with Crippen molar-refractivity contribution < 1.29 is 5.21 Å². The lowest BCUT2D eigenvalue weighted by atomic mass is 10.2. The fourth-order valence-corrected chi connectivity index (χ4v) is 1.08. The van der Waals surface area contributed by atoms with Crippen molar-refractivity contribution in [3.63, 3.8) is 0 Å². The average Bonchev–Trinajstić information content (AvgIpc) is 2.12. The van der Waals surface area contributed by atoms with Gasteiger partial charge in [-0.3, -0.25) is 5.41 Å². The van der Waals surface area contributed by atoms with Crippen molar-refractivity contribution in [2.24, 2.45) is 0 Å². The topological polar surface area (TPSA) is 61.9 Å². The van der Waals surface area contributed by atoms with Gasteiger partial charge in [0.2, 0.25) is 0 Å². The summed E-state index contributed by atoms with van der Waals surface area (Å²) in [4.78, 5) is 3.93. The first-order valence-electron chi connectivity index (χ1n) is 3.49. The van der Waals surface area contributed by atoms with Gasteiger partial charge in [0.05, 0.1) is 5.52 Å². The number of hydrogen-bond acceptors (Lipinski definition) is 3. The highest BCUT2D eigenvalue weighted by Crippen LogP contribution is 2.03. The van der Waals surface area contributed by atoms with E-state index < -0.39 is 0 Å². The number of aromatic nitrogens is 2. The van der Waals surface area contributed by atoms with Crippen LogP contribution in [0.3, 0.4) is 0 Å². The van der Waals surface area contributed by atoms with Crippen LogP contribution in [0.2, 0.25) is 0 Å². The summed E-state index contributed by atoms with van der Waals surface area (Å²) in [5.41, 5.74) is 0.772. The number of para-hydroxylation sites is 1. The molecule has 2 rings (SSSR count). The molecule has 2 aromatic rings. The second-order valence-electron chi connectivity index (χ2n) is 2.45. The van der Waals surface area contributed by atoms with Gasteiger partial charge in [-0.1, -0.05) is 12.1 Å². The van der Waals surface area contributed by atoms with E-state index in [-0.39, 0.29) is 5.49 Å². The van der Waals surface area contributed by atoms with Crippen LogP contribution < -0.4 is 5.49 Å². The Labute approximate surface area is 68.2 Å². The van der Waals surface area contributed by atoms with Gasteiger partial charge in [-0.05, 0) is 12.1 Å². The van der Waals surface area contributed by atoms with Crippen LogP contribution in [0, 0.1) is 5.41 Å². The van der Waals surface area contributed by atoms with E-state index in [1.54, 1.807) is 12.1 Å². The Balaban J connectivity index is 3.01. The number of nitrogens with one attached hydrogen (secondary N) is 1. The van der Waals surface area contributed by atoms with Gasteiger partial charge in [-0.25, -0.2) is 4.98 Å². The van der Waals surface area contributed by atoms with Gasteiger partial charge >= 0.3 is 0 Å². The largest absolute Gasteiger partial charge is 0.425 e. The summed E-state index contributed by atoms with van der Waals surface area (Å²) in [6.45, 7) is 0. The molecule has 0 spiro atoms. The predicted molar refractivity (Wildman–Crippen MR) is 42.8 cm³/mol. The standard InChI is InChI=1S/C8H7N3O/c9-8-6-3-1-2-4-7(6)10-5-11(8)12/h1-5,9,12H. The highest BCUT2D eigenvalue weighted by molar-refractivity contribution is 5.76. The molecule has 4 nitrogen and oxygen atoms in total. The minimum atomic E-state index is 0.0561. The summed E-state index contributed by atoms with van der Waals surface area (Å²) in [6.07, 6.45) is 1.21. The molecule has 0 aliphatic heterocycles. The monoisotopic (exact) mass is 161 g/mol. The molecule has 1 heterocycles. The van der Waals surface area contributed by atoms with Gasteiger partial charge in [0.15, 0.2) is 5.49 Å². The minimum Gasteiger partial charge on any atom is -0.425 e. The van der Waals surface area contributed by atoms with Crippen molar-refractivity contribution >= 4 is 10.9 Å². The maximum absolute atomic E-state index is 9.08. The fraction of sp³-hybridized carbons (Fsp3) is 0. The summed E-state index contributed by atoms with van der Waals surface area (Å²) >= 11 is 0. The number of hydrogen-bond donors (Lipinski definition) is 2. The van der Waals surface area contributed by atoms with Gasteiger partial charge in [0.1, 0.15) is 6.33 Å². The van der Waals surface area contributed by atoms with Gasteiger partial charge in [0.25, 0.3) is 0 Å².